The Morgan fingerprint density at radius 2 is 1.52 bits per heavy atom. The first-order valence-corrected chi connectivity index (χ1v) is 6.54. The number of rotatable bonds is 3. The molecule has 0 unspecified atom stereocenters. The molecule has 2 nitrogen and oxygen atoms in total. The molecule has 21 heavy (non-hydrogen) atoms. The van der Waals surface area contributed by atoms with Crippen LogP contribution in [0.1, 0.15) is 11.1 Å². The summed E-state index contributed by atoms with van der Waals surface area (Å²) in [6.45, 7) is 0. The summed E-state index contributed by atoms with van der Waals surface area (Å²) in [5.74, 6) is 0. The van der Waals surface area contributed by atoms with Crippen LogP contribution >= 0.6 is 23.2 Å². The number of halogens is 5. The number of nitrogens with zero attached hydrogens (tertiary/aromatic N) is 1. The molecule has 0 saturated heterocycles. The topological polar surface area (TPSA) is 24.4 Å². The lowest BCUT2D eigenvalue weighted by Crippen LogP contribution is -2.04. The zero-order valence-electron chi connectivity index (χ0n) is 10.5. The zero-order chi connectivity index (χ0) is 15.5. The molecule has 2 rings (SSSR count). The molecule has 7 heteroatoms. The average Bonchev–Trinajstić information content (AvgIpc) is 2.42. The lowest BCUT2D eigenvalue weighted by molar-refractivity contribution is -0.137. The van der Waals surface area contributed by atoms with E-state index in [-0.39, 0.29) is 0 Å². The normalized spacial score (nSPS) is 11.9. The summed E-state index contributed by atoms with van der Waals surface area (Å²) in [5, 5.41) is 4.76. The van der Waals surface area contributed by atoms with Crippen molar-refractivity contribution < 1.29 is 13.2 Å². The fourth-order valence-corrected chi connectivity index (χ4v) is 2.03. The molecule has 1 N–H and O–H groups in total. The van der Waals surface area contributed by atoms with E-state index in [0.717, 1.165) is 12.1 Å². The fraction of sp³-hybridized carbons (Fsp3) is 0.0714. The Morgan fingerprint density at radius 3 is 2.05 bits per heavy atom. The Kier molecular flexibility index (Phi) is 4.75. The zero-order valence-corrected chi connectivity index (χ0v) is 12.0. The standard InChI is InChI=1S/C14H9Cl2F3N2/c15-12-2-1-3-13(16)11(12)8-20-21-10-6-4-9(5-7-10)14(17,18)19/h1-8,21H. The van der Waals surface area contributed by atoms with Gasteiger partial charge in [-0.3, -0.25) is 5.43 Å². The Labute approximate surface area is 129 Å². The molecule has 0 aromatic heterocycles. The minimum Gasteiger partial charge on any atom is -0.279 e. The summed E-state index contributed by atoms with van der Waals surface area (Å²) in [4.78, 5) is 0. The van der Waals surface area contributed by atoms with Gasteiger partial charge in [0.1, 0.15) is 0 Å². The third-order valence-corrected chi connectivity index (χ3v) is 3.26. The van der Waals surface area contributed by atoms with Crippen molar-refractivity contribution in [3.63, 3.8) is 0 Å². The molecule has 2 aromatic carbocycles. The average molecular weight is 333 g/mol. The van der Waals surface area contributed by atoms with Gasteiger partial charge in [-0.05, 0) is 36.4 Å². The van der Waals surface area contributed by atoms with Crippen molar-refractivity contribution in [1.82, 2.24) is 0 Å². The number of anilines is 1. The summed E-state index contributed by atoms with van der Waals surface area (Å²) in [5.41, 5.74) is 2.84. The molecular formula is C14H9Cl2F3N2. The highest BCUT2D eigenvalue weighted by atomic mass is 35.5. The Morgan fingerprint density at radius 1 is 0.952 bits per heavy atom. The van der Waals surface area contributed by atoms with Crippen molar-refractivity contribution in [2.45, 2.75) is 6.18 Å². The van der Waals surface area contributed by atoms with Crippen LogP contribution in [-0.2, 0) is 6.18 Å². The van der Waals surface area contributed by atoms with Crippen LogP contribution in [0, 0.1) is 0 Å². The molecule has 0 amide bonds. The molecule has 0 aliphatic heterocycles. The van der Waals surface area contributed by atoms with Crippen LogP contribution in [0.3, 0.4) is 0 Å². The van der Waals surface area contributed by atoms with E-state index in [1.807, 2.05) is 0 Å². The third kappa shape index (κ3) is 4.12. The summed E-state index contributed by atoms with van der Waals surface area (Å²) in [7, 11) is 0. The van der Waals surface area contributed by atoms with Gasteiger partial charge in [-0.15, -0.1) is 0 Å². The minimum atomic E-state index is -4.35. The number of benzene rings is 2. The summed E-state index contributed by atoms with van der Waals surface area (Å²) >= 11 is 11.9. The largest absolute Gasteiger partial charge is 0.416 e. The van der Waals surface area contributed by atoms with Gasteiger partial charge in [0.05, 0.1) is 27.5 Å². The van der Waals surface area contributed by atoms with E-state index in [9.17, 15) is 13.2 Å². The summed E-state index contributed by atoms with van der Waals surface area (Å²) < 4.78 is 37.2. The van der Waals surface area contributed by atoms with Crippen LogP contribution in [0.5, 0.6) is 0 Å². The van der Waals surface area contributed by atoms with Crippen molar-refractivity contribution in [3.8, 4) is 0 Å². The summed E-state index contributed by atoms with van der Waals surface area (Å²) in [6, 6.07) is 9.54. The first-order valence-electron chi connectivity index (χ1n) is 5.78. The van der Waals surface area contributed by atoms with Gasteiger partial charge in [-0.2, -0.15) is 18.3 Å². The molecule has 0 aliphatic rings. The molecule has 0 saturated carbocycles. The van der Waals surface area contributed by atoms with E-state index in [4.69, 9.17) is 23.2 Å². The second-order valence-electron chi connectivity index (χ2n) is 4.08. The highest BCUT2D eigenvalue weighted by molar-refractivity contribution is 6.38. The van der Waals surface area contributed by atoms with Crippen molar-refractivity contribution in [2.75, 3.05) is 5.43 Å². The first kappa shape index (κ1) is 15.7. The van der Waals surface area contributed by atoms with Gasteiger partial charge in [0.2, 0.25) is 0 Å². The van der Waals surface area contributed by atoms with E-state index in [0.29, 0.717) is 21.3 Å². The van der Waals surface area contributed by atoms with Gasteiger partial charge in [-0.1, -0.05) is 29.3 Å². The lowest BCUT2D eigenvalue weighted by Gasteiger charge is -2.07. The molecule has 0 radical (unpaired) electrons. The second kappa shape index (κ2) is 6.37. The van der Waals surface area contributed by atoms with Crippen LogP contribution in [-0.4, -0.2) is 6.21 Å². The van der Waals surface area contributed by atoms with Crippen LogP contribution in [0.2, 0.25) is 10.0 Å². The Balaban J connectivity index is 2.08. The predicted octanol–water partition coefficient (Wildman–Crippen LogP) is 5.46. The number of hydrogen-bond donors (Lipinski definition) is 1. The first-order chi connectivity index (χ1) is 9.88. The van der Waals surface area contributed by atoms with Gasteiger partial charge in [-0.25, -0.2) is 0 Å². The van der Waals surface area contributed by atoms with Crippen LogP contribution in [0.15, 0.2) is 47.6 Å². The number of alkyl halides is 3. The quantitative estimate of drug-likeness (QED) is 0.585. The molecular weight excluding hydrogens is 324 g/mol. The van der Waals surface area contributed by atoms with Gasteiger partial charge in [0, 0.05) is 5.56 Å². The Hall–Kier alpha value is -1.72. The van der Waals surface area contributed by atoms with Gasteiger partial charge < -0.3 is 0 Å². The van der Waals surface area contributed by atoms with Crippen molar-refractivity contribution in [2.24, 2.45) is 5.10 Å². The van der Waals surface area contributed by atoms with E-state index >= 15 is 0 Å². The van der Waals surface area contributed by atoms with Crippen LogP contribution in [0.4, 0.5) is 18.9 Å². The van der Waals surface area contributed by atoms with Gasteiger partial charge in [0.25, 0.3) is 0 Å². The van der Waals surface area contributed by atoms with E-state index in [1.165, 1.54) is 18.3 Å². The maximum absolute atomic E-state index is 12.4. The Bertz CT molecular complexity index is 632. The molecule has 0 bridgehead atoms. The molecule has 0 spiro atoms. The van der Waals surface area contributed by atoms with E-state index < -0.39 is 11.7 Å². The van der Waals surface area contributed by atoms with Crippen molar-refractivity contribution in [3.05, 3.63) is 63.6 Å². The van der Waals surface area contributed by atoms with E-state index in [2.05, 4.69) is 10.5 Å². The van der Waals surface area contributed by atoms with Gasteiger partial charge in [0.15, 0.2) is 0 Å². The molecule has 0 heterocycles. The van der Waals surface area contributed by atoms with E-state index in [1.54, 1.807) is 18.2 Å². The number of hydrogen-bond acceptors (Lipinski definition) is 2. The van der Waals surface area contributed by atoms with Crippen LogP contribution < -0.4 is 5.43 Å². The van der Waals surface area contributed by atoms with Crippen molar-refractivity contribution >= 4 is 35.1 Å². The maximum atomic E-state index is 12.4. The number of nitrogens with one attached hydrogen (secondary N) is 1. The fourth-order valence-electron chi connectivity index (χ4n) is 1.54. The highest BCUT2D eigenvalue weighted by Gasteiger charge is 2.29. The van der Waals surface area contributed by atoms with Crippen molar-refractivity contribution in [1.29, 1.82) is 0 Å². The molecule has 0 atom stereocenters. The maximum Gasteiger partial charge on any atom is 0.416 e. The molecule has 0 aliphatic carbocycles. The monoisotopic (exact) mass is 332 g/mol. The summed E-state index contributed by atoms with van der Waals surface area (Å²) in [6.07, 6.45) is -2.95. The second-order valence-corrected chi connectivity index (χ2v) is 4.89. The molecule has 2 aromatic rings. The lowest BCUT2D eigenvalue weighted by atomic mass is 10.2. The smallest absolute Gasteiger partial charge is 0.279 e. The van der Waals surface area contributed by atoms with Crippen LogP contribution in [0.25, 0.3) is 0 Å². The minimum absolute atomic E-state index is 0.419. The highest BCUT2D eigenvalue weighted by Crippen LogP contribution is 2.29. The predicted molar refractivity (Wildman–Crippen MR) is 79.1 cm³/mol. The third-order valence-electron chi connectivity index (χ3n) is 2.60. The molecule has 0 fully saturated rings. The number of hydrazone groups is 1. The SMILES string of the molecule is FC(F)(F)c1ccc(NN=Cc2c(Cl)cccc2Cl)cc1. The molecule has 110 valence electrons. The van der Waals surface area contributed by atoms with Gasteiger partial charge >= 0.3 is 6.18 Å².